The Morgan fingerprint density at radius 3 is 0.598 bits per heavy atom. The smallest absolute Gasteiger partial charge is 0.337 e. The highest BCUT2D eigenvalue weighted by atomic mass is 16.6. The predicted octanol–water partition coefficient (Wildman–Crippen LogP) is 11.7. The van der Waals surface area contributed by atoms with E-state index >= 15 is 0 Å². The Labute approximate surface area is 683 Å². The number of hydrogen-bond donors (Lipinski definition) is 0. The summed E-state index contributed by atoms with van der Waals surface area (Å²) in [5.41, 5.74) is 11.7. The summed E-state index contributed by atoms with van der Waals surface area (Å²) in [6.07, 6.45) is 2.31. The van der Waals surface area contributed by atoms with Crippen molar-refractivity contribution >= 4 is 35.8 Å². The maximum atomic E-state index is 13.3. The molecule has 24 heteroatoms. The van der Waals surface area contributed by atoms with Gasteiger partial charge in [-0.3, -0.25) is 0 Å². The van der Waals surface area contributed by atoms with Gasteiger partial charge >= 0.3 is 35.8 Å². The fourth-order valence-electron chi connectivity index (χ4n) is 15.9. The van der Waals surface area contributed by atoms with Crippen LogP contribution in [0.15, 0.2) is 109 Å². The molecule has 7 aromatic rings. The van der Waals surface area contributed by atoms with Gasteiger partial charge in [0.25, 0.3) is 0 Å². The molecule has 0 unspecified atom stereocenters. The second-order valence-electron chi connectivity index (χ2n) is 28.0. The minimum absolute atomic E-state index is 0.104. The van der Waals surface area contributed by atoms with Crippen LogP contribution in [0.1, 0.15) is 167 Å². The van der Waals surface area contributed by atoms with E-state index in [1.165, 1.54) is 60.9 Å². The number of benzene rings is 7. The summed E-state index contributed by atoms with van der Waals surface area (Å²) >= 11 is 0. The van der Waals surface area contributed by atoms with Crippen LogP contribution in [0.25, 0.3) is 33.4 Å². The summed E-state index contributed by atoms with van der Waals surface area (Å²) in [7, 11) is 17.4. The number of ether oxygens (including phenoxy) is 18. The molecule has 7 aromatic carbocycles. The van der Waals surface area contributed by atoms with Gasteiger partial charge in [0.15, 0.2) is 0 Å². The molecule has 0 saturated heterocycles. The van der Waals surface area contributed by atoms with Crippen molar-refractivity contribution in [3.05, 3.63) is 209 Å². The predicted molar refractivity (Wildman–Crippen MR) is 434 cm³/mol. The van der Waals surface area contributed by atoms with E-state index in [0.29, 0.717) is 112 Å². The van der Waals surface area contributed by atoms with Gasteiger partial charge in [-0.25, -0.2) is 28.8 Å². The Bertz CT molecular complexity index is 4270. The Morgan fingerprint density at radius 1 is 0.231 bits per heavy atom. The maximum Gasteiger partial charge on any atom is 0.337 e. The molecule has 618 valence electrons. The van der Waals surface area contributed by atoms with Crippen LogP contribution in [0.4, 0.5) is 0 Å². The van der Waals surface area contributed by atoms with Crippen molar-refractivity contribution in [2.75, 3.05) is 204 Å². The zero-order valence-electron chi connectivity index (χ0n) is 68.7. The minimum Gasteiger partial charge on any atom is -0.465 e. The largest absolute Gasteiger partial charge is 0.465 e. The van der Waals surface area contributed by atoms with Crippen LogP contribution in [0.5, 0.6) is 0 Å². The van der Waals surface area contributed by atoms with Gasteiger partial charge in [-0.1, -0.05) is 53.7 Å². The van der Waals surface area contributed by atoms with Crippen LogP contribution in [-0.2, 0) is 102 Å². The standard InChI is InChI=1S/C93H102O24/c1-100-37-43-112-31-25-91(26-32-113-44-38-101-2)76-55-61(13-16-64-49-67(85(94)106-7)58-68(50-64)86(95)107-8)19-22-73(76)79-82(91)80-74-23-20-62(14-17-65-51-69(87(96)108-9)59-70(52-65)88(97)109-10)56-77(74)92(27-33-114-45-39-102-3,28-34-115-46-40-103-4)84(80)81-75-24-21-63(15-18-66-53-71(89(98)110-11)60-72(54-66)90(99)111-12)57-78(75)93(83(79)81,29-35-116-47-41-104-5)30-36-117-48-42-105-6/h19-24,49-60H,25-48H2,1-12H3. The van der Waals surface area contributed by atoms with Gasteiger partial charge in [0.05, 0.1) is 155 Å². The average Bonchev–Trinajstić information content (AvgIpc) is 1.48. The monoisotopic (exact) mass is 1600 g/mol. The summed E-state index contributed by atoms with van der Waals surface area (Å²) < 4.78 is 105. The van der Waals surface area contributed by atoms with E-state index in [1.54, 1.807) is 79.1 Å². The highest BCUT2D eigenvalue weighted by Crippen LogP contribution is 2.71. The number of rotatable bonds is 42. The lowest BCUT2D eigenvalue weighted by molar-refractivity contribution is 0.0483. The van der Waals surface area contributed by atoms with Crippen molar-refractivity contribution < 1.29 is 114 Å². The third-order valence-corrected chi connectivity index (χ3v) is 21.4. The minimum atomic E-state index is -1.04. The molecular weight excluding hydrogens is 1500 g/mol. The molecule has 0 amide bonds. The van der Waals surface area contributed by atoms with E-state index in [0.717, 1.165) is 66.8 Å². The Kier molecular flexibility index (Phi) is 32.8. The highest BCUT2D eigenvalue weighted by Gasteiger charge is 2.58. The van der Waals surface area contributed by atoms with Crippen LogP contribution in [0.2, 0.25) is 0 Å². The zero-order chi connectivity index (χ0) is 83.5. The lowest BCUT2D eigenvalue weighted by Crippen LogP contribution is -2.34. The van der Waals surface area contributed by atoms with Crippen LogP contribution in [-0.4, -0.2) is 240 Å². The van der Waals surface area contributed by atoms with Gasteiger partial charge in [0.2, 0.25) is 0 Å². The summed E-state index contributed by atoms with van der Waals surface area (Å²) in [5, 5.41) is 0. The summed E-state index contributed by atoms with van der Waals surface area (Å²) in [6, 6.07) is 32.5. The number of hydrogen-bond acceptors (Lipinski definition) is 24. The number of fused-ring (bicyclic) bond motifs is 12. The first-order chi connectivity index (χ1) is 56.9. The lowest BCUT2D eigenvalue weighted by Gasteiger charge is -2.39. The maximum absolute atomic E-state index is 13.3. The first-order valence-corrected chi connectivity index (χ1v) is 38.6. The second kappa shape index (κ2) is 43.1. The molecule has 0 aliphatic heterocycles. The first kappa shape index (κ1) is 88.9. The molecule has 10 rings (SSSR count). The van der Waals surface area contributed by atoms with Gasteiger partial charge in [-0.15, -0.1) is 0 Å². The van der Waals surface area contributed by atoms with E-state index in [4.69, 9.17) is 85.3 Å². The Hall–Kier alpha value is -10.4. The van der Waals surface area contributed by atoms with E-state index in [2.05, 4.69) is 71.9 Å². The van der Waals surface area contributed by atoms with Gasteiger partial charge in [-0.05, 0) is 196 Å². The molecule has 0 saturated carbocycles. The fraction of sp³-hybridized carbons (Fsp3) is 0.419. The van der Waals surface area contributed by atoms with Gasteiger partial charge < -0.3 is 85.3 Å². The molecular formula is C93H102O24. The van der Waals surface area contributed by atoms with E-state index in [1.807, 2.05) is 18.2 Å². The molecule has 24 nitrogen and oxygen atoms in total. The molecule has 0 bridgehead atoms. The van der Waals surface area contributed by atoms with Crippen molar-refractivity contribution in [2.24, 2.45) is 0 Å². The van der Waals surface area contributed by atoms with Crippen molar-refractivity contribution in [2.45, 2.75) is 54.8 Å². The summed E-state index contributed by atoms with van der Waals surface area (Å²) in [5.74, 6) is 16.3. The molecule has 0 heterocycles. The third kappa shape index (κ3) is 20.4. The van der Waals surface area contributed by atoms with Crippen molar-refractivity contribution in [3.63, 3.8) is 0 Å². The fourth-order valence-corrected chi connectivity index (χ4v) is 15.9. The van der Waals surface area contributed by atoms with Gasteiger partial charge in [-0.2, -0.15) is 0 Å². The SMILES string of the molecule is COCCOCCC1(CCOCCOC)c2cc(C#Cc3cc(C(=O)OC)cc(C(=O)OC)c3)ccc2-c2c1c1c(c3c2C(CCOCCOC)(CCOCCOC)c2cc(C#Cc4cc(C(=O)OC)cc(C(=O)OC)c4)ccc2-3)C(CCOCCOC)(CCOCCOC)c2cc(C#Cc3cc(C(=O)OC)cc(C(=O)OC)c3)ccc2-1. The number of carbonyl (C=O) groups is 6. The molecule has 0 aromatic heterocycles. The van der Waals surface area contributed by atoms with Gasteiger partial charge in [0, 0.05) is 132 Å². The quantitative estimate of drug-likeness (QED) is 0.0149. The summed E-state index contributed by atoms with van der Waals surface area (Å²) in [4.78, 5) is 79.6. The second-order valence-corrected chi connectivity index (χ2v) is 28.0. The lowest BCUT2D eigenvalue weighted by atomic mass is 9.64. The molecule has 0 atom stereocenters. The molecule has 0 fully saturated rings. The average molecular weight is 1600 g/mol. The van der Waals surface area contributed by atoms with Crippen LogP contribution < -0.4 is 0 Å². The van der Waals surface area contributed by atoms with E-state index < -0.39 is 52.1 Å². The Balaban J connectivity index is 1.42. The topological polar surface area (TPSA) is 269 Å². The number of carbonyl (C=O) groups excluding carboxylic acids is 6. The van der Waals surface area contributed by atoms with Gasteiger partial charge in [0.1, 0.15) is 0 Å². The normalized spacial score (nSPS) is 13.0. The van der Waals surface area contributed by atoms with Crippen LogP contribution in [0, 0.1) is 35.5 Å². The van der Waals surface area contributed by atoms with E-state index in [9.17, 15) is 28.8 Å². The van der Waals surface area contributed by atoms with E-state index in [-0.39, 0.29) is 113 Å². The molecule has 3 aliphatic carbocycles. The van der Waals surface area contributed by atoms with Crippen molar-refractivity contribution in [1.29, 1.82) is 0 Å². The molecule has 0 radical (unpaired) electrons. The van der Waals surface area contributed by atoms with Crippen molar-refractivity contribution in [3.8, 4) is 68.9 Å². The summed E-state index contributed by atoms with van der Waals surface area (Å²) in [6.45, 7) is 5.00. The van der Waals surface area contributed by atoms with Crippen LogP contribution in [0.3, 0.4) is 0 Å². The molecule has 0 N–H and O–H groups in total. The first-order valence-electron chi connectivity index (χ1n) is 38.6. The Morgan fingerprint density at radius 2 is 0.419 bits per heavy atom. The van der Waals surface area contributed by atoms with Crippen LogP contribution >= 0.6 is 0 Å². The molecule has 117 heavy (non-hydrogen) atoms. The zero-order valence-corrected chi connectivity index (χ0v) is 68.7. The molecule has 3 aliphatic rings. The van der Waals surface area contributed by atoms with Crippen molar-refractivity contribution in [1.82, 2.24) is 0 Å². The number of methoxy groups -OCH3 is 12. The highest BCUT2D eigenvalue weighted by molar-refractivity contribution is 6.06. The number of esters is 6. The molecule has 0 spiro atoms. The third-order valence-electron chi connectivity index (χ3n) is 21.4.